The van der Waals surface area contributed by atoms with Gasteiger partial charge in [-0.1, -0.05) is 42.5 Å². The number of fused-ring (bicyclic) bond motifs is 4. The molecule has 0 saturated heterocycles. The van der Waals surface area contributed by atoms with Crippen LogP contribution in [0.25, 0.3) is 27.2 Å². The Morgan fingerprint density at radius 2 is 1.79 bits per heavy atom. The number of nitrogens with one attached hydrogen (secondary N) is 2. The van der Waals surface area contributed by atoms with Gasteiger partial charge in [0.15, 0.2) is 6.23 Å². The molecule has 140 valence electrons. The highest BCUT2D eigenvalue weighted by atomic mass is 16.5. The molecular weight excluding hydrogens is 360 g/mol. The van der Waals surface area contributed by atoms with Crippen LogP contribution in [0.2, 0.25) is 0 Å². The second-order valence-electron chi connectivity index (χ2n) is 7.23. The molecule has 0 fully saturated rings. The van der Waals surface area contributed by atoms with E-state index in [-0.39, 0.29) is 12.3 Å². The summed E-state index contributed by atoms with van der Waals surface area (Å²) in [5.41, 5.74) is 3.95. The highest BCUT2D eigenvalue weighted by Gasteiger charge is 2.29. The Morgan fingerprint density at radius 3 is 2.76 bits per heavy atom. The molecular formula is C24H18N4O. The van der Waals surface area contributed by atoms with Gasteiger partial charge in [0.2, 0.25) is 0 Å². The smallest absolute Gasteiger partial charge is 0.194 e. The van der Waals surface area contributed by atoms with Crippen LogP contribution in [0.1, 0.15) is 5.69 Å². The van der Waals surface area contributed by atoms with Crippen molar-refractivity contribution in [1.82, 2.24) is 15.3 Å². The molecule has 3 aromatic carbocycles. The third kappa shape index (κ3) is 2.63. The lowest BCUT2D eigenvalue weighted by atomic mass is 9.97. The number of hydrogen-bond donors (Lipinski definition) is 2. The summed E-state index contributed by atoms with van der Waals surface area (Å²) in [6.45, 7) is 0. The molecule has 2 aliphatic heterocycles. The molecule has 6 rings (SSSR count). The standard InChI is InChI=1S/C24H18N4O/c1-2-6-17-15(5-1)9-10-19-22(17)23(27-14-26-19)16-11-12-25-20(13-16)24-28-18-7-3-4-8-21(18)29-24/h1-14,20,24-25,28H. The summed E-state index contributed by atoms with van der Waals surface area (Å²) in [6.07, 6.45) is 7.65. The number of nitrogens with zero attached hydrogens (tertiary/aromatic N) is 2. The predicted octanol–water partition coefficient (Wildman–Crippen LogP) is 4.48. The van der Waals surface area contributed by atoms with E-state index < -0.39 is 0 Å². The van der Waals surface area contributed by atoms with Crippen LogP contribution >= 0.6 is 0 Å². The number of anilines is 1. The van der Waals surface area contributed by atoms with E-state index in [1.54, 1.807) is 6.33 Å². The van der Waals surface area contributed by atoms with Crippen molar-refractivity contribution in [2.24, 2.45) is 0 Å². The molecule has 0 aliphatic carbocycles. The van der Waals surface area contributed by atoms with Crippen LogP contribution < -0.4 is 15.4 Å². The summed E-state index contributed by atoms with van der Waals surface area (Å²) >= 11 is 0. The molecule has 4 aromatic rings. The molecule has 2 aliphatic rings. The summed E-state index contributed by atoms with van der Waals surface area (Å²) in [5, 5.41) is 10.3. The molecule has 2 N–H and O–H groups in total. The maximum Gasteiger partial charge on any atom is 0.194 e. The Balaban J connectivity index is 1.44. The second-order valence-corrected chi connectivity index (χ2v) is 7.23. The van der Waals surface area contributed by atoms with Gasteiger partial charge in [-0.15, -0.1) is 0 Å². The summed E-state index contributed by atoms with van der Waals surface area (Å²) in [7, 11) is 0. The van der Waals surface area contributed by atoms with Crippen LogP contribution in [-0.4, -0.2) is 22.2 Å². The number of rotatable bonds is 2. The van der Waals surface area contributed by atoms with Gasteiger partial charge in [-0.2, -0.15) is 0 Å². The zero-order chi connectivity index (χ0) is 19.2. The predicted molar refractivity (Wildman–Crippen MR) is 116 cm³/mol. The third-order valence-electron chi connectivity index (χ3n) is 5.48. The Hall–Kier alpha value is -3.86. The molecule has 29 heavy (non-hydrogen) atoms. The van der Waals surface area contributed by atoms with Crippen molar-refractivity contribution in [1.29, 1.82) is 0 Å². The number of ether oxygens (including phenoxy) is 1. The topological polar surface area (TPSA) is 59.1 Å². The minimum absolute atomic E-state index is 0.0256. The van der Waals surface area contributed by atoms with Gasteiger partial charge >= 0.3 is 0 Å². The summed E-state index contributed by atoms with van der Waals surface area (Å²) in [4.78, 5) is 9.16. The average Bonchev–Trinajstić information content (AvgIpc) is 3.23. The molecule has 5 nitrogen and oxygen atoms in total. The zero-order valence-electron chi connectivity index (χ0n) is 15.5. The van der Waals surface area contributed by atoms with Gasteiger partial charge in [0.05, 0.1) is 16.9 Å². The fourth-order valence-electron chi connectivity index (χ4n) is 4.10. The van der Waals surface area contributed by atoms with Crippen LogP contribution in [0.15, 0.2) is 85.3 Å². The molecule has 0 bridgehead atoms. The molecule has 0 saturated carbocycles. The summed E-state index contributed by atoms with van der Waals surface area (Å²) < 4.78 is 6.10. The number of hydrogen-bond acceptors (Lipinski definition) is 5. The van der Waals surface area contributed by atoms with E-state index in [4.69, 9.17) is 4.74 Å². The van der Waals surface area contributed by atoms with Crippen molar-refractivity contribution in [2.75, 3.05) is 5.32 Å². The van der Waals surface area contributed by atoms with Crippen molar-refractivity contribution in [3.05, 3.63) is 91.0 Å². The number of benzene rings is 3. The van der Waals surface area contributed by atoms with E-state index in [9.17, 15) is 0 Å². The highest BCUT2D eigenvalue weighted by molar-refractivity contribution is 6.10. The lowest BCUT2D eigenvalue weighted by Crippen LogP contribution is -2.43. The lowest BCUT2D eigenvalue weighted by molar-refractivity contribution is 0.226. The molecule has 3 heterocycles. The molecule has 2 unspecified atom stereocenters. The van der Waals surface area contributed by atoms with Gasteiger partial charge in [-0.3, -0.25) is 0 Å². The first-order valence-electron chi connectivity index (χ1n) is 9.66. The fourth-order valence-corrected chi connectivity index (χ4v) is 4.10. The average molecular weight is 378 g/mol. The number of allylic oxidation sites excluding steroid dienone is 2. The number of dihydropyridines is 1. The first kappa shape index (κ1) is 16.1. The van der Waals surface area contributed by atoms with E-state index >= 15 is 0 Å². The van der Waals surface area contributed by atoms with Crippen molar-refractivity contribution >= 4 is 32.9 Å². The highest BCUT2D eigenvalue weighted by Crippen LogP contribution is 2.34. The molecule has 0 radical (unpaired) electrons. The molecule has 2 atom stereocenters. The minimum Gasteiger partial charge on any atom is -0.466 e. The largest absolute Gasteiger partial charge is 0.466 e. The first-order valence-corrected chi connectivity index (χ1v) is 9.66. The fraction of sp³-hybridized carbons (Fsp3) is 0.0833. The van der Waals surface area contributed by atoms with E-state index in [0.29, 0.717) is 0 Å². The van der Waals surface area contributed by atoms with Gasteiger partial charge in [0.1, 0.15) is 18.1 Å². The van der Waals surface area contributed by atoms with Crippen molar-refractivity contribution in [3.8, 4) is 5.75 Å². The van der Waals surface area contributed by atoms with Crippen LogP contribution in [-0.2, 0) is 0 Å². The molecule has 0 spiro atoms. The third-order valence-corrected chi connectivity index (χ3v) is 5.48. The van der Waals surface area contributed by atoms with Gasteiger partial charge < -0.3 is 15.4 Å². The van der Waals surface area contributed by atoms with Crippen molar-refractivity contribution in [2.45, 2.75) is 12.3 Å². The van der Waals surface area contributed by atoms with Crippen LogP contribution in [0.4, 0.5) is 5.69 Å². The van der Waals surface area contributed by atoms with Crippen molar-refractivity contribution < 1.29 is 4.74 Å². The maximum atomic E-state index is 6.10. The zero-order valence-corrected chi connectivity index (χ0v) is 15.5. The summed E-state index contributed by atoms with van der Waals surface area (Å²) in [5.74, 6) is 0.877. The van der Waals surface area contributed by atoms with Gasteiger partial charge in [-0.25, -0.2) is 9.97 Å². The van der Waals surface area contributed by atoms with E-state index in [1.807, 2.05) is 30.5 Å². The normalized spacial score (nSPS) is 19.9. The Morgan fingerprint density at radius 1 is 0.897 bits per heavy atom. The van der Waals surface area contributed by atoms with Gasteiger partial charge in [-0.05, 0) is 47.3 Å². The maximum absolute atomic E-state index is 6.10. The van der Waals surface area contributed by atoms with Gasteiger partial charge in [0.25, 0.3) is 0 Å². The SMILES string of the molecule is C1=CC(c2ncnc3ccc4ccccc4c23)=CC(C2Nc3ccccc3O2)N1. The summed E-state index contributed by atoms with van der Waals surface area (Å²) in [6, 6.07) is 20.5. The monoisotopic (exact) mass is 378 g/mol. The lowest BCUT2D eigenvalue weighted by Gasteiger charge is -2.24. The van der Waals surface area contributed by atoms with E-state index in [0.717, 1.165) is 39.0 Å². The molecule has 5 heteroatoms. The number of aromatic nitrogens is 2. The van der Waals surface area contributed by atoms with Crippen LogP contribution in [0, 0.1) is 0 Å². The Bertz CT molecular complexity index is 1290. The van der Waals surface area contributed by atoms with Crippen LogP contribution in [0.5, 0.6) is 5.75 Å². The Kier molecular flexibility index (Phi) is 3.53. The number of para-hydroxylation sites is 2. The van der Waals surface area contributed by atoms with E-state index in [1.165, 1.54) is 5.39 Å². The quantitative estimate of drug-likeness (QED) is 0.504. The van der Waals surface area contributed by atoms with E-state index in [2.05, 4.69) is 69.2 Å². The Labute approximate surface area is 167 Å². The van der Waals surface area contributed by atoms with Crippen molar-refractivity contribution in [3.63, 3.8) is 0 Å². The van der Waals surface area contributed by atoms with Gasteiger partial charge in [0, 0.05) is 11.0 Å². The van der Waals surface area contributed by atoms with Crippen LogP contribution in [0.3, 0.4) is 0 Å². The first-order chi connectivity index (χ1) is 14.4. The second kappa shape index (κ2) is 6.34. The molecule has 1 aromatic heterocycles. The molecule has 0 amide bonds. The minimum atomic E-state index is -0.183.